The molecule has 0 unspecified atom stereocenters. The monoisotopic (exact) mass is 710 g/mol. The van der Waals surface area contributed by atoms with E-state index in [0.717, 1.165) is 5.56 Å². The Morgan fingerprint density at radius 3 is 2.33 bits per heavy atom. The van der Waals surface area contributed by atoms with Gasteiger partial charge in [0.05, 0.1) is 40.8 Å². The van der Waals surface area contributed by atoms with Gasteiger partial charge in [0.2, 0.25) is 5.00 Å². The summed E-state index contributed by atoms with van der Waals surface area (Å²) >= 11 is 1.26. The number of thiophene rings is 1. The number of fused-ring (bicyclic) bond motifs is 1. The molecule has 0 amide bonds. The minimum Gasteiger partial charge on any atom is -0.465 e. The Labute approximate surface area is 288 Å². The number of ether oxygens (including phenoxy) is 1. The Balaban J connectivity index is 1.62. The van der Waals surface area contributed by atoms with Crippen molar-refractivity contribution in [2.24, 2.45) is 0 Å². The van der Waals surface area contributed by atoms with Crippen molar-refractivity contribution in [2.75, 3.05) is 12.4 Å². The molecule has 248 valence electrons. The molecule has 4 aromatic carbocycles. The van der Waals surface area contributed by atoms with Crippen molar-refractivity contribution in [3.8, 4) is 33.5 Å². The number of hydrogen-bond donors (Lipinski definition) is 1. The predicted molar refractivity (Wildman–Crippen MR) is 191 cm³/mol. The molecule has 6 rings (SSSR count). The normalized spacial score (nSPS) is 11.8. The number of esters is 1. The van der Waals surface area contributed by atoms with Gasteiger partial charge in [-0.2, -0.15) is 11.3 Å². The minimum absolute atomic E-state index is 0.0230. The maximum absolute atomic E-state index is 14.6. The summed E-state index contributed by atoms with van der Waals surface area (Å²) in [5.74, 6) is -1.79. The summed E-state index contributed by atoms with van der Waals surface area (Å²) in [5.41, 5.74) is 4.49. The average Bonchev–Trinajstić information content (AvgIpc) is 3.70. The molecule has 6 aromatic rings. The van der Waals surface area contributed by atoms with Gasteiger partial charge in [0, 0.05) is 22.1 Å². The number of aryl methyl sites for hydroxylation is 1. The van der Waals surface area contributed by atoms with E-state index < -0.39 is 38.2 Å². The van der Waals surface area contributed by atoms with Crippen LogP contribution < -0.4 is 0 Å². The second kappa shape index (κ2) is 13.4. The highest BCUT2D eigenvalue weighted by atomic mass is 32.2. The number of nitrogens with zero attached hydrogens (tertiary/aromatic N) is 2. The van der Waals surface area contributed by atoms with Gasteiger partial charge in [0.25, 0.3) is 10.0 Å². The van der Waals surface area contributed by atoms with Crippen molar-refractivity contribution in [3.63, 3.8) is 0 Å². The van der Waals surface area contributed by atoms with Gasteiger partial charge < -0.3 is 9.84 Å². The topological polar surface area (TPSA) is 124 Å². The number of aliphatic hydroxyl groups is 1. The molecular weight excluding hydrogens is 681 g/mol. The Kier molecular flexibility index (Phi) is 9.28. The van der Waals surface area contributed by atoms with Gasteiger partial charge in [0.15, 0.2) is 15.6 Å². The van der Waals surface area contributed by atoms with Crippen LogP contribution in [0.1, 0.15) is 18.1 Å². The summed E-state index contributed by atoms with van der Waals surface area (Å²) in [5, 5.41) is 12.8. The second-order valence-corrected chi connectivity index (χ2v) is 15.8. The van der Waals surface area contributed by atoms with Gasteiger partial charge in [-0.15, -0.1) is 0 Å². The number of aliphatic hydroxyl groups excluding tert-OH is 1. The summed E-state index contributed by atoms with van der Waals surface area (Å²) in [6.45, 7) is 10.8. The third-order valence-electron chi connectivity index (χ3n) is 8.06. The van der Waals surface area contributed by atoms with E-state index in [1.165, 1.54) is 27.4 Å². The highest BCUT2D eigenvalue weighted by Crippen LogP contribution is 2.48. The molecule has 0 aliphatic heterocycles. The SMILES string of the molecule is [C-]#[N+]c1sccc1-c1c(-c2cccc(-c3ccc(CO)c(S(=O)(=O)CC(=O)OCC)c3)c2)n(S(=O)(=O)c2ccc(C)cc2)c2ccccc12. The van der Waals surface area contributed by atoms with Crippen molar-refractivity contribution < 1.29 is 31.5 Å². The maximum Gasteiger partial charge on any atom is 0.321 e. The first kappa shape index (κ1) is 33.8. The predicted octanol–water partition coefficient (Wildman–Crippen LogP) is 7.63. The highest BCUT2D eigenvalue weighted by molar-refractivity contribution is 7.92. The quantitative estimate of drug-likeness (QED) is 0.115. The average molecular weight is 711 g/mol. The van der Waals surface area contributed by atoms with Crippen molar-refractivity contribution in [2.45, 2.75) is 30.2 Å². The van der Waals surface area contributed by atoms with Gasteiger partial charge in [-0.25, -0.2) is 25.7 Å². The Hall–Kier alpha value is -5.06. The number of hydrogen-bond acceptors (Lipinski definition) is 8. The Morgan fingerprint density at radius 1 is 0.898 bits per heavy atom. The van der Waals surface area contributed by atoms with Crippen LogP contribution in [0, 0.1) is 13.5 Å². The summed E-state index contributed by atoms with van der Waals surface area (Å²) in [4.78, 5) is 15.8. The molecule has 0 bridgehead atoms. The van der Waals surface area contributed by atoms with Crippen LogP contribution in [0.15, 0.2) is 112 Å². The maximum atomic E-state index is 14.6. The zero-order chi connectivity index (χ0) is 34.9. The van der Waals surface area contributed by atoms with Crippen molar-refractivity contribution in [3.05, 3.63) is 125 Å². The molecule has 2 heterocycles. The Morgan fingerprint density at radius 2 is 1.61 bits per heavy atom. The standard InChI is InChI=1S/C37H30N2O7S3/c1-4-46-34(41)23-48(42,43)33-21-26(14-15-28(33)22-40)25-8-7-9-27(20-25)36-35(31-18-19-47-37(31)38-3)30-10-5-6-11-32(30)39(36)49(44,45)29-16-12-24(2)13-17-29/h5-21,40H,4,22-23H2,1-2H3. The molecule has 0 aliphatic rings. The lowest BCUT2D eigenvalue weighted by Crippen LogP contribution is -2.20. The first-order chi connectivity index (χ1) is 23.5. The van der Waals surface area contributed by atoms with Gasteiger partial charge in [-0.05, 0) is 66.2 Å². The highest BCUT2D eigenvalue weighted by Gasteiger charge is 2.30. The third-order valence-corrected chi connectivity index (χ3v) is 12.3. The van der Waals surface area contributed by atoms with Gasteiger partial charge in [0.1, 0.15) is 0 Å². The molecule has 0 aliphatic carbocycles. The van der Waals surface area contributed by atoms with E-state index in [4.69, 9.17) is 11.3 Å². The lowest BCUT2D eigenvalue weighted by Gasteiger charge is -2.16. The zero-order valence-corrected chi connectivity index (χ0v) is 28.9. The number of sulfone groups is 1. The Bertz CT molecular complexity index is 2490. The molecule has 1 N–H and O–H groups in total. The fourth-order valence-corrected chi connectivity index (χ4v) is 9.44. The van der Waals surface area contributed by atoms with Crippen LogP contribution in [-0.2, 0) is 36.0 Å². The molecule has 0 radical (unpaired) electrons. The number of carbonyl (C=O) groups excluding carboxylic acids is 1. The molecule has 0 atom stereocenters. The number of rotatable bonds is 10. The lowest BCUT2D eigenvalue weighted by atomic mass is 9.96. The van der Waals surface area contributed by atoms with E-state index in [-0.39, 0.29) is 22.0 Å². The van der Waals surface area contributed by atoms with E-state index >= 15 is 0 Å². The molecule has 12 heteroatoms. The molecule has 9 nitrogen and oxygen atoms in total. The van der Waals surface area contributed by atoms with Gasteiger partial charge >= 0.3 is 5.97 Å². The van der Waals surface area contributed by atoms with E-state index in [0.29, 0.717) is 49.4 Å². The van der Waals surface area contributed by atoms with Crippen LogP contribution in [0.4, 0.5) is 5.00 Å². The van der Waals surface area contributed by atoms with Crippen LogP contribution in [0.3, 0.4) is 0 Å². The summed E-state index contributed by atoms with van der Waals surface area (Å²) in [6.07, 6.45) is 0. The van der Waals surface area contributed by atoms with Crippen LogP contribution in [0.25, 0.3) is 49.3 Å². The second-order valence-electron chi connectivity index (χ2n) is 11.2. The smallest absolute Gasteiger partial charge is 0.321 e. The minimum atomic E-state index is -4.19. The molecule has 0 fully saturated rings. The largest absolute Gasteiger partial charge is 0.465 e. The van der Waals surface area contributed by atoms with E-state index in [1.807, 2.05) is 25.1 Å². The van der Waals surface area contributed by atoms with Crippen LogP contribution >= 0.6 is 11.3 Å². The van der Waals surface area contributed by atoms with Crippen LogP contribution in [0.2, 0.25) is 0 Å². The first-order valence-electron chi connectivity index (χ1n) is 15.1. The number of benzene rings is 4. The van der Waals surface area contributed by atoms with Crippen LogP contribution in [0.5, 0.6) is 0 Å². The number of aromatic nitrogens is 1. The number of para-hydroxylation sites is 1. The first-order valence-corrected chi connectivity index (χ1v) is 19.1. The summed E-state index contributed by atoms with van der Waals surface area (Å²) < 4.78 is 62.0. The molecule has 0 saturated heterocycles. The molecular formula is C37H30N2O7S3. The van der Waals surface area contributed by atoms with Gasteiger partial charge in [-0.3, -0.25) is 4.79 Å². The van der Waals surface area contributed by atoms with E-state index in [2.05, 4.69) is 4.85 Å². The molecule has 0 saturated carbocycles. The zero-order valence-electron chi connectivity index (χ0n) is 26.5. The van der Waals surface area contributed by atoms with Crippen molar-refractivity contribution in [1.29, 1.82) is 0 Å². The molecule has 2 aromatic heterocycles. The fraction of sp³-hybridized carbons (Fsp3) is 0.135. The summed E-state index contributed by atoms with van der Waals surface area (Å²) in [7, 11) is -8.37. The number of carbonyl (C=O) groups is 1. The summed E-state index contributed by atoms with van der Waals surface area (Å²) in [6, 6.07) is 27.1. The van der Waals surface area contributed by atoms with Crippen LogP contribution in [-0.4, -0.2) is 44.2 Å². The lowest BCUT2D eigenvalue weighted by molar-refractivity contribution is -0.139. The van der Waals surface area contributed by atoms with Crippen molar-refractivity contribution in [1.82, 2.24) is 3.97 Å². The molecule has 0 spiro atoms. The van der Waals surface area contributed by atoms with E-state index in [9.17, 15) is 26.7 Å². The van der Waals surface area contributed by atoms with Crippen molar-refractivity contribution >= 4 is 53.1 Å². The third kappa shape index (κ3) is 6.29. The fourth-order valence-electron chi connectivity index (χ4n) is 5.83. The van der Waals surface area contributed by atoms with E-state index in [1.54, 1.807) is 79.0 Å². The molecule has 49 heavy (non-hydrogen) atoms. The van der Waals surface area contributed by atoms with Gasteiger partial charge in [-0.1, -0.05) is 72.3 Å².